The molecule has 0 saturated heterocycles. The lowest BCUT2D eigenvalue weighted by atomic mass is 10.1. The van der Waals surface area contributed by atoms with Crippen LogP contribution >= 0.6 is 11.6 Å². The Bertz CT molecular complexity index is 1390. The number of hydrogen-bond acceptors (Lipinski definition) is 5. The maximum absolute atomic E-state index is 13.2. The number of nitrogens with one attached hydrogen (secondary N) is 1. The number of benzene rings is 4. The summed E-state index contributed by atoms with van der Waals surface area (Å²) >= 11 is 5.94. The molecule has 4 aromatic carbocycles. The summed E-state index contributed by atoms with van der Waals surface area (Å²) in [5, 5.41) is 14.5. The first kappa shape index (κ1) is 24.8. The lowest BCUT2D eigenvalue weighted by molar-refractivity contribution is -0.384. The van der Waals surface area contributed by atoms with E-state index in [0.717, 1.165) is 11.1 Å². The molecule has 1 amide bonds. The molecule has 4 aromatic rings. The van der Waals surface area contributed by atoms with E-state index >= 15 is 0 Å². The third kappa shape index (κ3) is 6.61. The Morgan fingerprint density at radius 1 is 0.889 bits per heavy atom. The first-order valence-electron chi connectivity index (χ1n) is 11.1. The Morgan fingerprint density at radius 2 is 1.58 bits per heavy atom. The normalized spacial score (nSPS) is 10.5. The number of nitro benzene ring substituents is 1. The molecule has 0 heterocycles. The van der Waals surface area contributed by atoms with Gasteiger partial charge < -0.3 is 14.8 Å². The fourth-order valence-electron chi connectivity index (χ4n) is 3.52. The molecule has 182 valence electrons. The average molecular weight is 503 g/mol. The lowest BCUT2D eigenvalue weighted by Crippen LogP contribution is -2.14. The van der Waals surface area contributed by atoms with E-state index in [0.29, 0.717) is 34.4 Å². The molecule has 0 unspecified atom stereocenters. The van der Waals surface area contributed by atoms with Crippen LogP contribution in [0.1, 0.15) is 27.0 Å². The van der Waals surface area contributed by atoms with E-state index in [2.05, 4.69) is 5.32 Å². The zero-order chi connectivity index (χ0) is 25.5. The summed E-state index contributed by atoms with van der Waals surface area (Å²) < 4.78 is 11.8. The highest BCUT2D eigenvalue weighted by Crippen LogP contribution is 2.28. The molecule has 0 aliphatic carbocycles. The molecule has 7 nitrogen and oxygen atoms in total. The van der Waals surface area contributed by atoms with E-state index in [4.69, 9.17) is 21.1 Å². The highest BCUT2D eigenvalue weighted by atomic mass is 35.5. The maximum Gasteiger partial charge on any atom is 0.269 e. The number of non-ortho nitro benzene ring substituents is 1. The number of nitro groups is 1. The van der Waals surface area contributed by atoms with Gasteiger partial charge >= 0.3 is 0 Å². The Balaban J connectivity index is 1.56. The topological polar surface area (TPSA) is 90.7 Å². The van der Waals surface area contributed by atoms with Gasteiger partial charge in [0.05, 0.1) is 10.5 Å². The van der Waals surface area contributed by atoms with Crippen LogP contribution in [0.2, 0.25) is 5.02 Å². The zero-order valence-electron chi connectivity index (χ0n) is 19.4. The molecule has 0 spiro atoms. The van der Waals surface area contributed by atoms with Crippen molar-refractivity contribution < 1.29 is 19.2 Å². The average Bonchev–Trinajstić information content (AvgIpc) is 2.88. The van der Waals surface area contributed by atoms with Gasteiger partial charge in [0.1, 0.15) is 24.7 Å². The Hall–Kier alpha value is -4.36. The predicted molar refractivity (Wildman–Crippen MR) is 139 cm³/mol. The van der Waals surface area contributed by atoms with Crippen LogP contribution < -0.4 is 14.8 Å². The van der Waals surface area contributed by atoms with Crippen LogP contribution in [0, 0.1) is 17.0 Å². The second kappa shape index (κ2) is 11.4. The number of nitrogens with zero attached hydrogens (tertiary/aromatic N) is 1. The minimum absolute atomic E-state index is 0.0308. The summed E-state index contributed by atoms with van der Waals surface area (Å²) in [7, 11) is 0. The molecule has 0 aliphatic rings. The number of amides is 1. The summed E-state index contributed by atoms with van der Waals surface area (Å²) in [5.74, 6) is 0.420. The van der Waals surface area contributed by atoms with E-state index in [1.165, 1.54) is 12.1 Å². The maximum atomic E-state index is 13.2. The SMILES string of the molecule is Cc1cccc(COc2ccc(OCc3cccc([N+](=O)[O-])c3)c(C(=O)Nc3ccc(Cl)cc3)c2)c1. The largest absolute Gasteiger partial charge is 0.489 e. The molecule has 0 bridgehead atoms. The van der Waals surface area contributed by atoms with Gasteiger partial charge in [0.2, 0.25) is 0 Å². The number of ether oxygens (including phenoxy) is 2. The second-order valence-electron chi connectivity index (χ2n) is 8.11. The summed E-state index contributed by atoms with van der Waals surface area (Å²) in [6, 6.07) is 25.9. The van der Waals surface area contributed by atoms with Gasteiger partial charge in [-0.1, -0.05) is 53.6 Å². The van der Waals surface area contributed by atoms with E-state index in [1.807, 2.05) is 31.2 Å². The first-order chi connectivity index (χ1) is 17.4. The van der Waals surface area contributed by atoms with Crippen LogP contribution in [0.5, 0.6) is 11.5 Å². The number of carbonyl (C=O) groups excluding carboxylic acids is 1. The van der Waals surface area contributed by atoms with E-state index < -0.39 is 10.8 Å². The van der Waals surface area contributed by atoms with Crippen molar-refractivity contribution in [3.05, 3.63) is 128 Å². The number of hydrogen-bond donors (Lipinski definition) is 1. The van der Waals surface area contributed by atoms with Crippen molar-refractivity contribution in [1.29, 1.82) is 0 Å². The molecule has 1 N–H and O–H groups in total. The standard InChI is InChI=1S/C28H23ClN2O5/c1-19-4-2-5-20(14-19)17-35-25-12-13-27(36-18-21-6-3-7-24(15-21)31(33)34)26(16-25)28(32)30-23-10-8-22(29)9-11-23/h2-16H,17-18H2,1H3,(H,30,32). The number of carbonyl (C=O) groups is 1. The number of aryl methyl sites for hydroxylation is 1. The third-order valence-corrected chi connectivity index (χ3v) is 5.55. The molecule has 0 aromatic heterocycles. The Morgan fingerprint density at radius 3 is 2.31 bits per heavy atom. The molecule has 0 radical (unpaired) electrons. The van der Waals surface area contributed by atoms with E-state index in [9.17, 15) is 14.9 Å². The molecule has 0 aliphatic heterocycles. The van der Waals surface area contributed by atoms with E-state index in [1.54, 1.807) is 54.6 Å². The molecule has 0 saturated carbocycles. The van der Waals surface area contributed by atoms with Crippen molar-refractivity contribution in [2.75, 3.05) is 5.32 Å². The van der Waals surface area contributed by atoms with Gasteiger partial charge in [0, 0.05) is 22.8 Å². The van der Waals surface area contributed by atoms with Gasteiger partial charge in [-0.15, -0.1) is 0 Å². The lowest BCUT2D eigenvalue weighted by Gasteiger charge is -2.14. The smallest absolute Gasteiger partial charge is 0.269 e. The van der Waals surface area contributed by atoms with Gasteiger partial charge in [0.15, 0.2) is 0 Å². The van der Waals surface area contributed by atoms with Crippen molar-refractivity contribution in [3.8, 4) is 11.5 Å². The Kier molecular flexibility index (Phi) is 7.82. The molecule has 36 heavy (non-hydrogen) atoms. The molecule has 0 fully saturated rings. The highest BCUT2D eigenvalue weighted by molar-refractivity contribution is 6.30. The van der Waals surface area contributed by atoms with Crippen molar-refractivity contribution in [3.63, 3.8) is 0 Å². The number of anilines is 1. The van der Waals surface area contributed by atoms with Crippen molar-refractivity contribution in [2.24, 2.45) is 0 Å². The number of halogens is 1. The first-order valence-corrected chi connectivity index (χ1v) is 11.5. The van der Waals surface area contributed by atoms with E-state index in [-0.39, 0.29) is 17.9 Å². The second-order valence-corrected chi connectivity index (χ2v) is 8.55. The van der Waals surface area contributed by atoms with Crippen LogP contribution in [0.3, 0.4) is 0 Å². The van der Waals surface area contributed by atoms with Gasteiger partial charge in [-0.2, -0.15) is 0 Å². The summed E-state index contributed by atoms with van der Waals surface area (Å²) in [6.07, 6.45) is 0. The third-order valence-electron chi connectivity index (χ3n) is 5.30. The van der Waals surface area contributed by atoms with Gasteiger partial charge in [-0.25, -0.2) is 0 Å². The van der Waals surface area contributed by atoms with Gasteiger partial charge in [-0.3, -0.25) is 14.9 Å². The van der Waals surface area contributed by atoms with Crippen molar-refractivity contribution in [2.45, 2.75) is 20.1 Å². The van der Waals surface area contributed by atoms with Crippen molar-refractivity contribution >= 4 is 28.9 Å². The van der Waals surface area contributed by atoms with Crippen LogP contribution in [0.25, 0.3) is 0 Å². The number of rotatable bonds is 9. The predicted octanol–water partition coefficient (Wildman–Crippen LogP) is 6.97. The fraction of sp³-hybridized carbons (Fsp3) is 0.107. The van der Waals surface area contributed by atoms with Crippen LogP contribution in [0.15, 0.2) is 91.0 Å². The molecule has 8 heteroatoms. The fourth-order valence-corrected chi connectivity index (χ4v) is 3.65. The minimum Gasteiger partial charge on any atom is -0.489 e. The molecule has 4 rings (SSSR count). The van der Waals surface area contributed by atoms with Crippen LogP contribution in [-0.2, 0) is 13.2 Å². The molecular weight excluding hydrogens is 480 g/mol. The monoisotopic (exact) mass is 502 g/mol. The summed E-state index contributed by atoms with van der Waals surface area (Å²) in [5.41, 5.74) is 3.54. The van der Waals surface area contributed by atoms with Crippen LogP contribution in [-0.4, -0.2) is 10.8 Å². The quantitative estimate of drug-likeness (QED) is 0.197. The van der Waals surface area contributed by atoms with Gasteiger partial charge in [-0.05, 0) is 60.5 Å². The Labute approximate surface area is 213 Å². The summed E-state index contributed by atoms with van der Waals surface area (Å²) in [6.45, 7) is 2.40. The van der Waals surface area contributed by atoms with Crippen molar-refractivity contribution in [1.82, 2.24) is 0 Å². The van der Waals surface area contributed by atoms with Crippen LogP contribution in [0.4, 0.5) is 11.4 Å². The van der Waals surface area contributed by atoms with Gasteiger partial charge in [0.25, 0.3) is 11.6 Å². The highest BCUT2D eigenvalue weighted by Gasteiger charge is 2.16. The molecule has 0 atom stereocenters. The minimum atomic E-state index is -0.463. The molecular formula is C28H23ClN2O5. The zero-order valence-corrected chi connectivity index (χ0v) is 20.2. The summed E-state index contributed by atoms with van der Waals surface area (Å²) in [4.78, 5) is 23.8.